The number of nitrogens with zero attached hydrogens (tertiary/aromatic N) is 4. The van der Waals surface area contributed by atoms with Gasteiger partial charge < -0.3 is 0 Å². The number of hydrogen-bond acceptors (Lipinski definition) is 5. The van der Waals surface area contributed by atoms with Crippen LogP contribution in [0, 0.1) is 0 Å². The standard InChI is InChI=1S/C8H9ClN4O2S/c1-16(14,15)3-2-13-8-6(4-12-13)7(9)10-5-11-8/h4-5H,2-3H2,1H3. The summed E-state index contributed by atoms with van der Waals surface area (Å²) < 4.78 is 23.6. The SMILES string of the molecule is CS(=O)(=O)CCn1ncc2c(Cl)ncnc21. The lowest BCUT2D eigenvalue weighted by Crippen LogP contribution is -2.12. The van der Waals surface area contributed by atoms with Gasteiger partial charge in [-0.3, -0.25) is 0 Å². The van der Waals surface area contributed by atoms with E-state index >= 15 is 0 Å². The van der Waals surface area contributed by atoms with Crippen molar-refractivity contribution in [3.05, 3.63) is 17.7 Å². The van der Waals surface area contributed by atoms with E-state index in [1.165, 1.54) is 23.5 Å². The van der Waals surface area contributed by atoms with Gasteiger partial charge in [-0.25, -0.2) is 23.1 Å². The van der Waals surface area contributed by atoms with Crippen molar-refractivity contribution in [2.75, 3.05) is 12.0 Å². The number of fused-ring (bicyclic) bond motifs is 1. The summed E-state index contributed by atoms with van der Waals surface area (Å²) in [6.45, 7) is 0.260. The lowest BCUT2D eigenvalue weighted by atomic mass is 10.4. The molecule has 0 amide bonds. The molecule has 0 bridgehead atoms. The van der Waals surface area contributed by atoms with E-state index in [-0.39, 0.29) is 12.3 Å². The molecule has 0 spiro atoms. The molecule has 8 heteroatoms. The van der Waals surface area contributed by atoms with Crippen molar-refractivity contribution < 1.29 is 8.42 Å². The molecular formula is C8H9ClN4O2S. The Morgan fingerprint density at radius 3 is 2.88 bits per heavy atom. The third-order valence-electron chi connectivity index (χ3n) is 2.06. The summed E-state index contributed by atoms with van der Waals surface area (Å²) in [5.41, 5.74) is 0.545. The van der Waals surface area contributed by atoms with E-state index < -0.39 is 9.84 Å². The zero-order valence-electron chi connectivity index (χ0n) is 8.46. The van der Waals surface area contributed by atoms with Crippen LogP contribution in [0.1, 0.15) is 0 Å². The minimum atomic E-state index is -3.02. The maximum atomic E-state index is 11.0. The lowest BCUT2D eigenvalue weighted by molar-refractivity contribution is 0.588. The minimum Gasteiger partial charge on any atom is -0.246 e. The minimum absolute atomic E-state index is 0.0192. The molecule has 0 fully saturated rings. The zero-order valence-corrected chi connectivity index (χ0v) is 10.0. The summed E-state index contributed by atoms with van der Waals surface area (Å²) >= 11 is 5.84. The Kier molecular flexibility index (Phi) is 2.81. The van der Waals surface area contributed by atoms with Gasteiger partial charge in [-0.15, -0.1) is 0 Å². The first-order valence-electron chi connectivity index (χ1n) is 4.47. The van der Waals surface area contributed by atoms with Crippen LogP contribution in [0.25, 0.3) is 11.0 Å². The maximum Gasteiger partial charge on any atom is 0.162 e. The molecule has 0 aromatic carbocycles. The molecule has 0 aliphatic carbocycles. The quantitative estimate of drug-likeness (QED) is 0.752. The molecule has 2 aromatic heterocycles. The molecule has 2 rings (SSSR count). The maximum absolute atomic E-state index is 11.0. The summed E-state index contributed by atoms with van der Waals surface area (Å²) in [7, 11) is -3.02. The fourth-order valence-electron chi connectivity index (χ4n) is 1.28. The van der Waals surface area contributed by atoms with Crippen molar-refractivity contribution >= 4 is 32.5 Å². The Hall–Kier alpha value is -1.21. The Bertz CT molecular complexity index is 622. The van der Waals surface area contributed by atoms with Crippen molar-refractivity contribution in [3.63, 3.8) is 0 Å². The predicted octanol–water partition coefficient (Wildman–Crippen LogP) is 0.524. The summed E-state index contributed by atoms with van der Waals surface area (Å²) in [4.78, 5) is 7.83. The van der Waals surface area contributed by atoms with Crippen molar-refractivity contribution in [1.29, 1.82) is 0 Å². The van der Waals surface area contributed by atoms with Gasteiger partial charge in [0.2, 0.25) is 0 Å². The van der Waals surface area contributed by atoms with E-state index in [0.717, 1.165) is 0 Å². The Morgan fingerprint density at radius 2 is 2.19 bits per heavy atom. The Labute approximate surface area is 97.2 Å². The van der Waals surface area contributed by atoms with Gasteiger partial charge in [0.1, 0.15) is 21.3 Å². The molecular weight excluding hydrogens is 252 g/mol. The first kappa shape index (κ1) is 11.3. The van der Waals surface area contributed by atoms with Crippen LogP contribution < -0.4 is 0 Å². The van der Waals surface area contributed by atoms with Crippen molar-refractivity contribution in [1.82, 2.24) is 19.7 Å². The van der Waals surface area contributed by atoms with E-state index in [4.69, 9.17) is 11.6 Å². The van der Waals surface area contributed by atoms with Gasteiger partial charge in [-0.2, -0.15) is 5.10 Å². The van der Waals surface area contributed by atoms with Crippen LogP contribution in [0.3, 0.4) is 0 Å². The highest BCUT2D eigenvalue weighted by molar-refractivity contribution is 7.90. The second-order valence-corrected chi connectivity index (χ2v) is 6.02. The van der Waals surface area contributed by atoms with Gasteiger partial charge in [0.05, 0.1) is 23.9 Å². The van der Waals surface area contributed by atoms with Gasteiger partial charge in [-0.05, 0) is 0 Å². The van der Waals surface area contributed by atoms with E-state index in [2.05, 4.69) is 15.1 Å². The van der Waals surface area contributed by atoms with Gasteiger partial charge in [0.25, 0.3) is 0 Å². The van der Waals surface area contributed by atoms with Gasteiger partial charge >= 0.3 is 0 Å². The fraction of sp³-hybridized carbons (Fsp3) is 0.375. The van der Waals surface area contributed by atoms with E-state index in [0.29, 0.717) is 16.2 Å². The van der Waals surface area contributed by atoms with Gasteiger partial charge in [0, 0.05) is 6.26 Å². The molecule has 0 saturated heterocycles. The van der Waals surface area contributed by atoms with Gasteiger partial charge in [-0.1, -0.05) is 11.6 Å². The van der Waals surface area contributed by atoms with Crippen molar-refractivity contribution in [2.24, 2.45) is 0 Å². The molecule has 6 nitrogen and oxygen atoms in total. The first-order chi connectivity index (χ1) is 7.47. The third kappa shape index (κ3) is 2.30. The summed E-state index contributed by atoms with van der Waals surface area (Å²) in [5.74, 6) is 0.0192. The third-order valence-corrected chi connectivity index (χ3v) is 3.28. The Morgan fingerprint density at radius 1 is 1.44 bits per heavy atom. The van der Waals surface area contributed by atoms with Crippen LogP contribution in [0.5, 0.6) is 0 Å². The molecule has 0 aliphatic rings. The van der Waals surface area contributed by atoms with Crippen LogP contribution in [0.4, 0.5) is 0 Å². The normalized spacial score (nSPS) is 12.1. The summed E-state index contributed by atoms with van der Waals surface area (Å²) in [5, 5.41) is 4.96. The van der Waals surface area contributed by atoms with E-state index in [1.807, 2.05) is 0 Å². The smallest absolute Gasteiger partial charge is 0.162 e. The highest BCUT2D eigenvalue weighted by atomic mass is 35.5. The molecule has 2 aromatic rings. The molecule has 0 unspecified atom stereocenters. The molecule has 2 heterocycles. The first-order valence-corrected chi connectivity index (χ1v) is 6.91. The monoisotopic (exact) mass is 260 g/mol. The highest BCUT2D eigenvalue weighted by Gasteiger charge is 2.10. The number of aromatic nitrogens is 4. The predicted molar refractivity (Wildman–Crippen MR) is 60.0 cm³/mol. The van der Waals surface area contributed by atoms with Gasteiger partial charge in [0.15, 0.2) is 5.65 Å². The fourth-order valence-corrected chi connectivity index (χ4v) is 1.96. The number of rotatable bonds is 3. The average Bonchev–Trinajstić information content (AvgIpc) is 2.58. The topological polar surface area (TPSA) is 77.7 Å². The molecule has 16 heavy (non-hydrogen) atoms. The molecule has 0 aliphatic heterocycles. The lowest BCUT2D eigenvalue weighted by Gasteiger charge is -2.01. The van der Waals surface area contributed by atoms with E-state index in [9.17, 15) is 8.42 Å². The van der Waals surface area contributed by atoms with Crippen LogP contribution >= 0.6 is 11.6 Å². The summed E-state index contributed by atoms with van der Waals surface area (Å²) in [6, 6.07) is 0. The molecule has 0 radical (unpaired) electrons. The summed E-state index contributed by atoms with van der Waals surface area (Å²) in [6.07, 6.45) is 4.03. The second kappa shape index (κ2) is 3.99. The van der Waals surface area contributed by atoms with Crippen LogP contribution in [-0.2, 0) is 16.4 Å². The largest absolute Gasteiger partial charge is 0.246 e. The number of halogens is 1. The number of aryl methyl sites for hydroxylation is 1. The molecule has 0 saturated carbocycles. The molecule has 86 valence electrons. The van der Waals surface area contributed by atoms with Crippen molar-refractivity contribution in [2.45, 2.75) is 6.54 Å². The average molecular weight is 261 g/mol. The number of hydrogen-bond donors (Lipinski definition) is 0. The highest BCUT2D eigenvalue weighted by Crippen LogP contribution is 2.17. The Balaban J connectivity index is 2.36. The number of sulfone groups is 1. The van der Waals surface area contributed by atoms with Crippen LogP contribution in [-0.4, -0.2) is 40.2 Å². The molecule has 0 atom stereocenters. The second-order valence-electron chi connectivity index (χ2n) is 3.40. The van der Waals surface area contributed by atoms with Crippen LogP contribution in [0.2, 0.25) is 5.15 Å². The van der Waals surface area contributed by atoms with Crippen LogP contribution in [0.15, 0.2) is 12.5 Å². The molecule has 0 N–H and O–H groups in total. The van der Waals surface area contributed by atoms with Crippen molar-refractivity contribution in [3.8, 4) is 0 Å². The van der Waals surface area contributed by atoms with E-state index in [1.54, 1.807) is 0 Å². The zero-order chi connectivity index (χ0) is 11.8.